The van der Waals surface area contributed by atoms with E-state index in [4.69, 9.17) is 54.0 Å². The van der Waals surface area contributed by atoms with E-state index in [0.29, 0.717) is 27.0 Å². The number of aromatic nitrogens is 2. The highest BCUT2D eigenvalue weighted by atomic mass is 35.5. The summed E-state index contributed by atoms with van der Waals surface area (Å²) < 4.78 is 15.6. The number of aromatic carboxylic acids is 1. The lowest BCUT2D eigenvalue weighted by Gasteiger charge is -2.12. The maximum absolute atomic E-state index is 12.2. The number of nitrogens with one attached hydrogen (secondary N) is 2. The molecule has 0 saturated carbocycles. The molecular weight excluding hydrogens is 859 g/mol. The summed E-state index contributed by atoms with van der Waals surface area (Å²) in [6.07, 6.45) is 3.55. The number of carbonyl (C=O) groups is 3. The second kappa shape index (κ2) is 23.1. The minimum absolute atomic E-state index is 0.0259. The Hall–Kier alpha value is -6.71. The number of rotatable bonds is 13. The third kappa shape index (κ3) is 14.7. The number of halogens is 2. The van der Waals surface area contributed by atoms with Crippen molar-refractivity contribution in [2.24, 2.45) is 21.5 Å². The number of aliphatic imine (C=N–C) groups is 2. The van der Waals surface area contributed by atoms with Crippen molar-refractivity contribution >= 4 is 64.4 Å². The van der Waals surface area contributed by atoms with Crippen molar-refractivity contribution in [3.63, 3.8) is 0 Å². The van der Waals surface area contributed by atoms with Gasteiger partial charge in [-0.25, -0.2) is 19.8 Å². The van der Waals surface area contributed by atoms with Gasteiger partial charge in [0.25, 0.3) is 23.9 Å². The average molecular weight is 912 g/mol. The number of amides is 2. The number of benzene rings is 4. The summed E-state index contributed by atoms with van der Waals surface area (Å²) in [5, 5.41) is 15.7. The SMILES string of the molecule is COc1cc(C(=O)O)nc(C(C)C)n1.C[C@@H]1OC(N)=N[C@H]1CCc1ccc(NC(=O)c2ccc(Cl)cc2)cc1.C[C@H]1OC(N)=N[C@H]1CCc1ccc(NC(=O)c2ccc(Cl)cc2)cc1. The van der Waals surface area contributed by atoms with E-state index < -0.39 is 5.97 Å². The molecule has 3 heterocycles. The van der Waals surface area contributed by atoms with E-state index in [2.05, 4.69) is 30.6 Å². The lowest BCUT2D eigenvalue weighted by atomic mass is 10.0. The number of aryl methyl sites for hydroxylation is 2. The Labute approximate surface area is 382 Å². The standard InChI is InChI=1S/2C19H20ClN3O2.C9H12N2O3/c2*1-12-17(23-19(21)25-12)11-4-13-2-9-16(10-3-13)22-18(24)14-5-7-15(20)8-6-14;1-5(2)8-10-6(9(12)13)4-7(11-8)14-3/h2*2-3,5-10,12,17H,4,11H2,1H3,(H2,21,23)(H,22,24);4-5H,1-3H3,(H,12,13)/t12-,17+;12-,17-;/m10./s1. The van der Waals surface area contributed by atoms with Gasteiger partial charge in [0, 0.05) is 44.5 Å². The zero-order valence-electron chi connectivity index (χ0n) is 36.1. The van der Waals surface area contributed by atoms with Gasteiger partial charge in [0.15, 0.2) is 5.69 Å². The van der Waals surface area contributed by atoms with Gasteiger partial charge in [-0.05, 0) is 123 Å². The van der Waals surface area contributed by atoms with Crippen molar-refractivity contribution in [1.29, 1.82) is 0 Å². The van der Waals surface area contributed by atoms with Crippen LogP contribution in [0, 0.1) is 0 Å². The monoisotopic (exact) mass is 910 g/mol. The molecule has 4 aromatic carbocycles. The summed E-state index contributed by atoms with van der Waals surface area (Å²) in [7, 11) is 1.44. The molecular formula is C47H52Cl2N8O7. The fraction of sp³-hybridized carbons (Fsp3) is 0.298. The van der Waals surface area contributed by atoms with E-state index >= 15 is 0 Å². The fourth-order valence-electron chi connectivity index (χ4n) is 6.40. The zero-order valence-corrected chi connectivity index (χ0v) is 37.6. The van der Waals surface area contributed by atoms with Crippen LogP contribution in [0.25, 0.3) is 0 Å². The van der Waals surface area contributed by atoms with E-state index in [-0.39, 0.29) is 65.6 Å². The average Bonchev–Trinajstić information content (AvgIpc) is 3.79. The van der Waals surface area contributed by atoms with E-state index in [1.165, 1.54) is 24.3 Å². The number of carboxylic acid groups (broad SMARTS) is 1. The van der Waals surface area contributed by atoms with Crippen molar-refractivity contribution in [2.75, 3.05) is 17.7 Å². The van der Waals surface area contributed by atoms with Crippen LogP contribution in [0.4, 0.5) is 11.4 Å². The van der Waals surface area contributed by atoms with Gasteiger partial charge < -0.3 is 41.4 Å². The third-order valence-corrected chi connectivity index (χ3v) is 10.5. The first-order valence-corrected chi connectivity index (χ1v) is 21.3. The lowest BCUT2D eigenvalue weighted by molar-refractivity contribution is 0.0688. The van der Waals surface area contributed by atoms with Gasteiger partial charge in [0.05, 0.1) is 19.2 Å². The van der Waals surface area contributed by atoms with E-state index in [1.807, 2.05) is 76.2 Å². The van der Waals surface area contributed by atoms with Crippen molar-refractivity contribution in [2.45, 2.75) is 83.6 Å². The molecule has 7 N–H and O–H groups in total. The van der Waals surface area contributed by atoms with Gasteiger partial charge in [-0.1, -0.05) is 61.3 Å². The molecule has 336 valence electrons. The Kier molecular flexibility index (Phi) is 17.4. The highest BCUT2D eigenvalue weighted by Crippen LogP contribution is 2.22. The van der Waals surface area contributed by atoms with Crippen LogP contribution in [0.1, 0.15) is 94.6 Å². The molecule has 2 aliphatic heterocycles. The number of methoxy groups -OCH3 is 1. The van der Waals surface area contributed by atoms with Gasteiger partial charge >= 0.3 is 5.97 Å². The molecule has 0 bridgehead atoms. The molecule has 2 aliphatic rings. The number of carboxylic acids is 1. The number of nitrogens with zero attached hydrogens (tertiary/aromatic N) is 4. The summed E-state index contributed by atoms with van der Waals surface area (Å²) in [5.74, 6) is -0.573. The van der Waals surface area contributed by atoms with Crippen LogP contribution in [0.15, 0.2) is 113 Å². The molecule has 4 atom stereocenters. The zero-order chi connectivity index (χ0) is 46.3. The molecule has 5 aromatic rings. The van der Waals surface area contributed by atoms with Gasteiger partial charge in [-0.3, -0.25) is 9.59 Å². The van der Waals surface area contributed by atoms with Crippen LogP contribution in [0.5, 0.6) is 5.88 Å². The number of amidine groups is 2. The minimum atomic E-state index is -1.08. The minimum Gasteiger partial charge on any atom is -0.481 e. The number of ether oxygens (including phenoxy) is 3. The second-order valence-electron chi connectivity index (χ2n) is 15.2. The molecule has 0 radical (unpaired) electrons. The van der Waals surface area contributed by atoms with Gasteiger partial charge in [0.2, 0.25) is 5.88 Å². The number of hydrogen-bond donors (Lipinski definition) is 5. The highest BCUT2D eigenvalue weighted by Gasteiger charge is 2.26. The Bertz CT molecular complexity index is 2280. The predicted octanol–water partition coefficient (Wildman–Crippen LogP) is 8.56. The molecule has 0 spiro atoms. The van der Waals surface area contributed by atoms with Crippen LogP contribution in [-0.2, 0) is 22.3 Å². The third-order valence-electron chi connectivity index (χ3n) is 10.0. The smallest absolute Gasteiger partial charge is 0.354 e. The van der Waals surface area contributed by atoms with Crippen LogP contribution in [0.3, 0.4) is 0 Å². The Morgan fingerprint density at radius 3 is 1.42 bits per heavy atom. The summed E-state index contributed by atoms with van der Waals surface area (Å²) in [4.78, 5) is 51.6. The number of hydrogen-bond acceptors (Lipinski definition) is 12. The maximum Gasteiger partial charge on any atom is 0.354 e. The predicted molar refractivity (Wildman–Crippen MR) is 250 cm³/mol. The fourth-order valence-corrected chi connectivity index (χ4v) is 6.65. The van der Waals surface area contributed by atoms with Crippen LogP contribution in [0.2, 0.25) is 10.0 Å². The summed E-state index contributed by atoms with van der Waals surface area (Å²) >= 11 is 11.7. The number of anilines is 2. The van der Waals surface area contributed by atoms with E-state index in [9.17, 15) is 14.4 Å². The number of nitrogens with two attached hydrogens (primary N) is 2. The first-order valence-electron chi connectivity index (χ1n) is 20.5. The first kappa shape index (κ1) is 48.3. The quantitative estimate of drug-likeness (QED) is 0.0752. The second-order valence-corrected chi connectivity index (χ2v) is 16.1. The summed E-state index contributed by atoms with van der Waals surface area (Å²) in [6.45, 7) is 7.73. The van der Waals surface area contributed by atoms with Gasteiger partial charge in [-0.2, -0.15) is 4.98 Å². The normalized spacial score (nSPS) is 17.2. The Morgan fingerprint density at radius 1 is 0.688 bits per heavy atom. The molecule has 17 heteroatoms. The molecule has 2 amide bonds. The maximum atomic E-state index is 12.2. The lowest BCUT2D eigenvalue weighted by Crippen LogP contribution is -2.20. The molecule has 0 unspecified atom stereocenters. The topological polar surface area (TPSA) is 226 Å². The molecule has 0 fully saturated rings. The molecule has 0 aliphatic carbocycles. The van der Waals surface area contributed by atoms with Crippen LogP contribution >= 0.6 is 23.2 Å². The largest absolute Gasteiger partial charge is 0.481 e. The Morgan fingerprint density at radius 2 is 1.09 bits per heavy atom. The molecule has 7 rings (SSSR count). The van der Waals surface area contributed by atoms with Crippen molar-refractivity contribution in [3.8, 4) is 5.88 Å². The molecule has 64 heavy (non-hydrogen) atoms. The van der Waals surface area contributed by atoms with Crippen molar-refractivity contribution in [1.82, 2.24) is 9.97 Å². The van der Waals surface area contributed by atoms with Crippen LogP contribution < -0.4 is 26.8 Å². The van der Waals surface area contributed by atoms with Gasteiger partial charge in [0.1, 0.15) is 18.0 Å². The molecule has 1 aromatic heterocycles. The Balaban J connectivity index is 0.000000189. The summed E-state index contributed by atoms with van der Waals surface area (Å²) in [5.41, 5.74) is 16.1. The van der Waals surface area contributed by atoms with Gasteiger partial charge in [-0.15, -0.1) is 0 Å². The summed E-state index contributed by atoms with van der Waals surface area (Å²) in [6, 6.07) is 31.2. The van der Waals surface area contributed by atoms with E-state index in [1.54, 1.807) is 48.5 Å². The molecule has 15 nitrogen and oxygen atoms in total. The van der Waals surface area contributed by atoms with Crippen LogP contribution in [-0.4, -0.2) is 76.3 Å². The van der Waals surface area contributed by atoms with E-state index in [0.717, 1.165) is 37.1 Å². The highest BCUT2D eigenvalue weighted by molar-refractivity contribution is 6.31. The number of carbonyl (C=O) groups excluding carboxylic acids is 2. The van der Waals surface area contributed by atoms with Crippen molar-refractivity contribution in [3.05, 3.63) is 147 Å². The first-order chi connectivity index (χ1) is 30.6. The van der Waals surface area contributed by atoms with Crippen molar-refractivity contribution < 1.29 is 33.7 Å². The molecule has 0 saturated heterocycles.